The molecule has 3 aromatic heterocycles. The molecule has 0 aliphatic rings. The van der Waals surface area contributed by atoms with Gasteiger partial charge in [0.1, 0.15) is 5.75 Å². The van der Waals surface area contributed by atoms with Crippen LogP contribution in [0, 0.1) is 6.92 Å². The summed E-state index contributed by atoms with van der Waals surface area (Å²) in [5, 5.41) is 11.8. The van der Waals surface area contributed by atoms with Crippen LogP contribution in [-0.4, -0.2) is 23.0 Å². The third-order valence-electron chi connectivity index (χ3n) is 3.90. The van der Waals surface area contributed by atoms with Crippen molar-refractivity contribution in [2.45, 2.75) is 6.92 Å². The maximum atomic E-state index is 12.2. The van der Waals surface area contributed by atoms with E-state index in [0.717, 1.165) is 22.0 Å². The van der Waals surface area contributed by atoms with E-state index in [2.05, 4.69) is 20.6 Å². The van der Waals surface area contributed by atoms with Gasteiger partial charge < -0.3 is 10.1 Å². The summed E-state index contributed by atoms with van der Waals surface area (Å²) in [6.45, 7) is 1.90. The number of nitrogens with zero attached hydrogens (tertiary/aromatic N) is 2. The number of methoxy groups -OCH3 is 1. The Kier molecular flexibility index (Phi) is 5.81. The highest BCUT2D eigenvalue weighted by atomic mass is 35.5. The molecule has 0 saturated carbocycles. The van der Waals surface area contributed by atoms with Crippen molar-refractivity contribution >= 4 is 67.5 Å². The van der Waals surface area contributed by atoms with E-state index in [0.29, 0.717) is 25.9 Å². The van der Waals surface area contributed by atoms with Crippen LogP contribution >= 0.6 is 45.6 Å². The van der Waals surface area contributed by atoms with Crippen molar-refractivity contribution in [2.75, 3.05) is 17.7 Å². The average molecular weight is 463 g/mol. The first-order valence-corrected chi connectivity index (χ1v) is 11.4. The molecule has 4 aromatic rings. The van der Waals surface area contributed by atoms with Gasteiger partial charge >= 0.3 is 0 Å². The summed E-state index contributed by atoms with van der Waals surface area (Å²) in [5.74, 6) is 0.521. The number of carbonyl (C=O) groups excluding carboxylic acids is 1. The van der Waals surface area contributed by atoms with Gasteiger partial charge in [-0.2, -0.15) is 0 Å². The number of ether oxygens (including phenoxy) is 1. The molecule has 0 fully saturated rings. The third kappa shape index (κ3) is 4.43. The van der Waals surface area contributed by atoms with E-state index in [4.69, 9.17) is 16.3 Å². The molecule has 0 aliphatic carbocycles. The van der Waals surface area contributed by atoms with E-state index in [1.54, 1.807) is 31.4 Å². The summed E-state index contributed by atoms with van der Waals surface area (Å²) in [4.78, 5) is 22.9. The normalized spacial score (nSPS) is 10.7. The molecule has 0 atom stereocenters. The molecule has 1 aromatic carbocycles. The van der Waals surface area contributed by atoms with Crippen molar-refractivity contribution in [3.05, 3.63) is 56.7 Å². The van der Waals surface area contributed by atoms with E-state index in [-0.39, 0.29) is 5.91 Å². The number of benzene rings is 1. The number of hydrogen-bond acceptors (Lipinski definition) is 8. The van der Waals surface area contributed by atoms with Crippen LogP contribution in [-0.2, 0) is 0 Å². The second kappa shape index (κ2) is 8.50. The smallest absolute Gasteiger partial charge is 0.267 e. The summed E-state index contributed by atoms with van der Waals surface area (Å²) in [5.41, 5.74) is 2.35. The lowest BCUT2D eigenvalue weighted by Crippen LogP contribution is -2.09. The molecule has 10 heteroatoms. The summed E-state index contributed by atoms with van der Waals surface area (Å²) in [6, 6.07) is 8.99. The zero-order valence-corrected chi connectivity index (χ0v) is 18.6. The highest BCUT2D eigenvalue weighted by Gasteiger charge is 2.16. The number of hydrogen-bond donors (Lipinski definition) is 2. The van der Waals surface area contributed by atoms with Gasteiger partial charge in [0.15, 0.2) is 10.3 Å². The van der Waals surface area contributed by atoms with Crippen molar-refractivity contribution in [3.63, 3.8) is 0 Å². The summed E-state index contributed by atoms with van der Waals surface area (Å²) in [6.07, 6.45) is 0. The molecule has 0 radical (unpaired) electrons. The minimum Gasteiger partial charge on any atom is -0.495 e. The van der Waals surface area contributed by atoms with Gasteiger partial charge in [-0.1, -0.05) is 29.0 Å². The fraction of sp³-hybridized carbons (Fsp3) is 0.105. The average Bonchev–Trinajstić information content (AvgIpc) is 3.43. The SMILES string of the molecule is COc1ccc(Cl)cc1Nc1nc(-c2sc(NC(=O)c3cccs3)nc2C)cs1. The molecule has 29 heavy (non-hydrogen) atoms. The summed E-state index contributed by atoms with van der Waals surface area (Å²) >= 11 is 10.3. The Morgan fingerprint density at radius 1 is 1.17 bits per heavy atom. The van der Waals surface area contributed by atoms with Gasteiger partial charge in [0.05, 0.1) is 33.9 Å². The van der Waals surface area contributed by atoms with Crippen LogP contribution in [0.5, 0.6) is 5.75 Å². The highest BCUT2D eigenvalue weighted by Crippen LogP contribution is 2.37. The first-order chi connectivity index (χ1) is 14.0. The standard InChI is InChI=1S/C19H15ClN4O2S3/c1-10-16(29-19(21-10)24-17(25)15-4-3-7-27-15)13-9-28-18(23-13)22-12-8-11(20)5-6-14(12)26-2/h3-9H,1-2H3,(H,22,23)(H,21,24,25). The molecule has 0 bridgehead atoms. The van der Waals surface area contributed by atoms with E-state index in [1.807, 2.05) is 23.8 Å². The molecule has 2 N–H and O–H groups in total. The van der Waals surface area contributed by atoms with Crippen LogP contribution in [0.25, 0.3) is 10.6 Å². The minimum atomic E-state index is -0.158. The Labute approximate surface area is 184 Å². The number of thiazole rings is 2. The minimum absolute atomic E-state index is 0.158. The molecule has 6 nitrogen and oxygen atoms in total. The van der Waals surface area contributed by atoms with Crippen molar-refractivity contribution < 1.29 is 9.53 Å². The number of thiophene rings is 1. The van der Waals surface area contributed by atoms with Crippen molar-refractivity contribution in [2.24, 2.45) is 0 Å². The lowest BCUT2D eigenvalue weighted by molar-refractivity contribution is 0.103. The second-order valence-corrected chi connectivity index (χ2v) is 9.11. The molecule has 148 valence electrons. The Morgan fingerprint density at radius 2 is 2.03 bits per heavy atom. The molecule has 0 aliphatic heterocycles. The fourth-order valence-corrected chi connectivity index (χ4v) is 5.08. The van der Waals surface area contributed by atoms with Gasteiger partial charge in [0, 0.05) is 10.4 Å². The van der Waals surface area contributed by atoms with Gasteiger partial charge in [-0.05, 0) is 36.6 Å². The highest BCUT2D eigenvalue weighted by molar-refractivity contribution is 7.20. The van der Waals surface area contributed by atoms with E-state index < -0.39 is 0 Å². The molecule has 1 amide bonds. The Bertz CT molecular complexity index is 1150. The Morgan fingerprint density at radius 3 is 2.79 bits per heavy atom. The topological polar surface area (TPSA) is 76.1 Å². The van der Waals surface area contributed by atoms with Crippen molar-refractivity contribution in [1.29, 1.82) is 0 Å². The predicted molar refractivity (Wildman–Crippen MR) is 122 cm³/mol. The van der Waals surface area contributed by atoms with Crippen LogP contribution in [0.15, 0.2) is 41.1 Å². The lowest BCUT2D eigenvalue weighted by atomic mass is 10.3. The maximum Gasteiger partial charge on any atom is 0.267 e. The largest absolute Gasteiger partial charge is 0.495 e. The monoisotopic (exact) mass is 462 g/mol. The third-order valence-corrected chi connectivity index (χ3v) is 6.86. The number of nitrogens with one attached hydrogen (secondary N) is 2. The number of rotatable bonds is 6. The predicted octanol–water partition coefficient (Wildman–Crippen LogP) is 6.29. The quantitative estimate of drug-likeness (QED) is 0.352. The van der Waals surface area contributed by atoms with Crippen molar-refractivity contribution in [3.8, 4) is 16.3 Å². The molecule has 4 rings (SSSR count). The molecule has 0 unspecified atom stereocenters. The molecular formula is C19H15ClN4O2S3. The van der Waals surface area contributed by atoms with Gasteiger partial charge in [-0.15, -0.1) is 22.7 Å². The number of aromatic nitrogens is 2. The van der Waals surface area contributed by atoms with Gasteiger partial charge in [0.25, 0.3) is 5.91 Å². The first-order valence-electron chi connectivity index (χ1n) is 8.42. The van der Waals surface area contributed by atoms with Crippen LogP contribution in [0.2, 0.25) is 5.02 Å². The number of carbonyl (C=O) groups is 1. The van der Waals surface area contributed by atoms with Gasteiger partial charge in [-0.25, -0.2) is 9.97 Å². The first kappa shape index (κ1) is 19.8. The van der Waals surface area contributed by atoms with E-state index >= 15 is 0 Å². The van der Waals surface area contributed by atoms with Crippen molar-refractivity contribution in [1.82, 2.24) is 9.97 Å². The second-order valence-electron chi connectivity index (χ2n) is 5.87. The maximum absolute atomic E-state index is 12.2. The number of aryl methyl sites for hydroxylation is 1. The van der Waals surface area contributed by atoms with Crippen LogP contribution in [0.4, 0.5) is 16.0 Å². The molecular weight excluding hydrogens is 448 g/mol. The van der Waals surface area contributed by atoms with Crippen LogP contribution in [0.1, 0.15) is 15.4 Å². The fourth-order valence-electron chi connectivity index (χ4n) is 2.58. The zero-order valence-electron chi connectivity index (χ0n) is 15.4. The van der Waals surface area contributed by atoms with E-state index in [1.165, 1.54) is 34.0 Å². The zero-order chi connectivity index (χ0) is 20.4. The molecule has 0 saturated heterocycles. The van der Waals surface area contributed by atoms with Crippen LogP contribution in [0.3, 0.4) is 0 Å². The Balaban J connectivity index is 1.53. The van der Waals surface area contributed by atoms with E-state index in [9.17, 15) is 4.79 Å². The molecule has 3 heterocycles. The Hall–Kier alpha value is -2.46. The number of halogens is 1. The molecule has 0 spiro atoms. The van der Waals surface area contributed by atoms with Gasteiger partial charge in [0.2, 0.25) is 0 Å². The summed E-state index contributed by atoms with van der Waals surface area (Å²) < 4.78 is 5.36. The lowest BCUT2D eigenvalue weighted by Gasteiger charge is -2.09. The number of amides is 1. The van der Waals surface area contributed by atoms with Gasteiger partial charge in [-0.3, -0.25) is 10.1 Å². The summed E-state index contributed by atoms with van der Waals surface area (Å²) in [7, 11) is 1.61. The van der Waals surface area contributed by atoms with Crippen LogP contribution < -0.4 is 15.4 Å². The number of anilines is 3.